The molecular formula is C11H20N2O4. The van der Waals surface area contributed by atoms with E-state index in [2.05, 4.69) is 5.32 Å². The van der Waals surface area contributed by atoms with Crippen molar-refractivity contribution in [1.82, 2.24) is 10.2 Å². The van der Waals surface area contributed by atoms with Gasteiger partial charge in [-0.25, -0.2) is 0 Å². The van der Waals surface area contributed by atoms with Crippen molar-refractivity contribution >= 4 is 11.9 Å². The average Bonchev–Trinajstić information content (AvgIpc) is 2.58. The minimum absolute atomic E-state index is 0.124. The molecule has 0 saturated carbocycles. The van der Waals surface area contributed by atoms with Gasteiger partial charge in [0.1, 0.15) is 0 Å². The summed E-state index contributed by atoms with van der Waals surface area (Å²) in [5.41, 5.74) is 0. The Hall–Kier alpha value is -1.14. The quantitative estimate of drug-likeness (QED) is 0.574. The summed E-state index contributed by atoms with van der Waals surface area (Å²) in [5, 5.41) is 20.0. The molecule has 0 radical (unpaired) electrons. The molecule has 6 heteroatoms. The lowest BCUT2D eigenvalue weighted by atomic mass is 10.1. The number of aliphatic hydroxyl groups is 1. The predicted molar refractivity (Wildman–Crippen MR) is 61.5 cm³/mol. The van der Waals surface area contributed by atoms with Crippen molar-refractivity contribution in [2.45, 2.75) is 38.3 Å². The van der Waals surface area contributed by atoms with Gasteiger partial charge in [-0.05, 0) is 25.9 Å². The lowest BCUT2D eigenvalue weighted by Crippen LogP contribution is -2.44. The van der Waals surface area contributed by atoms with Crippen LogP contribution in [0.2, 0.25) is 0 Å². The summed E-state index contributed by atoms with van der Waals surface area (Å²) in [6.45, 7) is 3.61. The Bertz CT molecular complexity index is 273. The first-order chi connectivity index (χ1) is 8.00. The molecule has 3 N–H and O–H groups in total. The first kappa shape index (κ1) is 13.9. The minimum Gasteiger partial charge on any atom is -0.481 e. The average molecular weight is 244 g/mol. The number of carboxylic acid groups (broad SMARTS) is 1. The maximum absolute atomic E-state index is 11.4. The van der Waals surface area contributed by atoms with Crippen LogP contribution in [0.15, 0.2) is 0 Å². The Morgan fingerprint density at radius 3 is 2.35 bits per heavy atom. The molecule has 2 fully saturated rings. The number of aliphatic hydroxyl groups excluding tert-OH is 1. The van der Waals surface area contributed by atoms with Gasteiger partial charge in [0.05, 0.1) is 12.5 Å². The molecular weight excluding hydrogens is 224 g/mol. The number of carbonyl (C=O) groups is 2. The van der Waals surface area contributed by atoms with E-state index in [0.29, 0.717) is 19.0 Å². The zero-order valence-corrected chi connectivity index (χ0v) is 10.1. The van der Waals surface area contributed by atoms with Gasteiger partial charge in [-0.1, -0.05) is 0 Å². The van der Waals surface area contributed by atoms with Gasteiger partial charge in [0.15, 0.2) is 0 Å². The second kappa shape index (κ2) is 6.56. The van der Waals surface area contributed by atoms with Gasteiger partial charge in [0, 0.05) is 19.5 Å². The summed E-state index contributed by atoms with van der Waals surface area (Å²) in [6.07, 6.45) is 1.95. The molecule has 0 unspecified atom stereocenters. The number of likely N-dealkylation sites (tertiary alicyclic amines) is 1. The predicted octanol–water partition coefficient (Wildman–Crippen LogP) is -0.577. The summed E-state index contributed by atoms with van der Waals surface area (Å²) in [6, 6.07) is 0.367. The highest BCUT2D eigenvalue weighted by Gasteiger charge is 2.33. The third-order valence-electron chi connectivity index (χ3n) is 2.89. The van der Waals surface area contributed by atoms with Crippen LogP contribution in [0.4, 0.5) is 0 Å². The van der Waals surface area contributed by atoms with E-state index in [4.69, 9.17) is 9.90 Å². The smallest absolute Gasteiger partial charge is 0.300 e. The molecule has 2 aliphatic heterocycles. The van der Waals surface area contributed by atoms with E-state index in [-0.39, 0.29) is 5.91 Å². The van der Waals surface area contributed by atoms with Crippen LogP contribution in [0.5, 0.6) is 0 Å². The summed E-state index contributed by atoms with van der Waals surface area (Å²) in [5.74, 6) is -0.709. The van der Waals surface area contributed by atoms with E-state index in [0.717, 1.165) is 32.9 Å². The van der Waals surface area contributed by atoms with Gasteiger partial charge in [0.25, 0.3) is 5.97 Å². The van der Waals surface area contributed by atoms with E-state index in [9.17, 15) is 9.90 Å². The number of β-amino-alcohol motifs (C(OH)–C–C–N with tert-alkyl or cyclic N) is 1. The van der Waals surface area contributed by atoms with Crippen LogP contribution >= 0.6 is 0 Å². The number of carbonyl (C=O) groups excluding carboxylic acids is 1. The van der Waals surface area contributed by atoms with Crippen LogP contribution in [-0.4, -0.2) is 58.8 Å². The lowest BCUT2D eigenvalue weighted by molar-refractivity contribution is -0.134. The number of amides is 1. The van der Waals surface area contributed by atoms with E-state index < -0.39 is 12.1 Å². The molecule has 2 heterocycles. The SMILES string of the molecule is CC(=O)O.O=C1C[C@H](O)CN1C1CCNCC1. The molecule has 2 saturated heterocycles. The molecule has 6 nitrogen and oxygen atoms in total. The summed E-state index contributed by atoms with van der Waals surface area (Å²) < 4.78 is 0. The molecule has 17 heavy (non-hydrogen) atoms. The van der Waals surface area contributed by atoms with Crippen LogP contribution < -0.4 is 5.32 Å². The Morgan fingerprint density at radius 1 is 1.41 bits per heavy atom. The molecule has 1 amide bonds. The highest BCUT2D eigenvalue weighted by Crippen LogP contribution is 2.19. The number of hydrogen-bond acceptors (Lipinski definition) is 4. The van der Waals surface area contributed by atoms with E-state index in [1.165, 1.54) is 0 Å². The fraction of sp³-hybridized carbons (Fsp3) is 0.818. The molecule has 0 spiro atoms. The van der Waals surface area contributed by atoms with E-state index in [1.54, 1.807) is 0 Å². The highest BCUT2D eigenvalue weighted by molar-refractivity contribution is 5.79. The summed E-state index contributed by atoms with van der Waals surface area (Å²) >= 11 is 0. The highest BCUT2D eigenvalue weighted by atomic mass is 16.4. The van der Waals surface area contributed by atoms with Crippen molar-refractivity contribution in [1.29, 1.82) is 0 Å². The zero-order chi connectivity index (χ0) is 12.8. The van der Waals surface area contributed by atoms with Gasteiger partial charge >= 0.3 is 0 Å². The van der Waals surface area contributed by atoms with Crippen molar-refractivity contribution < 1.29 is 19.8 Å². The first-order valence-electron chi connectivity index (χ1n) is 5.88. The van der Waals surface area contributed by atoms with Crippen LogP contribution in [0.25, 0.3) is 0 Å². The molecule has 0 aliphatic carbocycles. The summed E-state index contributed by atoms with van der Waals surface area (Å²) in [4.78, 5) is 22.3. The third-order valence-corrected chi connectivity index (χ3v) is 2.89. The van der Waals surface area contributed by atoms with Crippen LogP contribution in [0, 0.1) is 0 Å². The van der Waals surface area contributed by atoms with Crippen LogP contribution in [0.1, 0.15) is 26.2 Å². The molecule has 2 rings (SSSR count). The number of rotatable bonds is 1. The van der Waals surface area contributed by atoms with Crippen molar-refractivity contribution in [3.8, 4) is 0 Å². The number of nitrogens with one attached hydrogen (secondary N) is 1. The fourth-order valence-corrected chi connectivity index (χ4v) is 2.18. The molecule has 0 aromatic rings. The van der Waals surface area contributed by atoms with Crippen molar-refractivity contribution in [2.24, 2.45) is 0 Å². The van der Waals surface area contributed by atoms with Crippen LogP contribution in [0.3, 0.4) is 0 Å². The van der Waals surface area contributed by atoms with Crippen molar-refractivity contribution in [2.75, 3.05) is 19.6 Å². The van der Waals surface area contributed by atoms with Gasteiger partial charge in [-0.3, -0.25) is 9.59 Å². The Kier molecular flexibility index (Phi) is 5.37. The Balaban J connectivity index is 0.000000317. The maximum atomic E-state index is 11.4. The van der Waals surface area contributed by atoms with Crippen LogP contribution in [-0.2, 0) is 9.59 Å². The normalized spacial score (nSPS) is 25.4. The maximum Gasteiger partial charge on any atom is 0.300 e. The number of carboxylic acids is 1. The van der Waals surface area contributed by atoms with Gasteiger partial charge in [-0.2, -0.15) is 0 Å². The lowest BCUT2D eigenvalue weighted by Gasteiger charge is -2.31. The second-order valence-corrected chi connectivity index (χ2v) is 4.40. The standard InChI is InChI=1S/C9H16N2O2.C2H4O2/c12-8-5-9(13)11(6-8)7-1-3-10-4-2-7;1-2(3)4/h7-8,10,12H,1-6H2;1H3,(H,3,4)/t8-;/m0./s1. The minimum atomic E-state index is -0.833. The van der Waals surface area contributed by atoms with Crippen molar-refractivity contribution in [3.05, 3.63) is 0 Å². The Morgan fingerprint density at radius 2 is 1.94 bits per heavy atom. The Labute approximate surface area is 101 Å². The van der Waals surface area contributed by atoms with E-state index >= 15 is 0 Å². The number of nitrogens with zero attached hydrogens (tertiary/aromatic N) is 1. The molecule has 0 bridgehead atoms. The van der Waals surface area contributed by atoms with Crippen molar-refractivity contribution in [3.63, 3.8) is 0 Å². The monoisotopic (exact) mass is 244 g/mol. The summed E-state index contributed by atoms with van der Waals surface area (Å²) in [7, 11) is 0. The topological polar surface area (TPSA) is 89.9 Å². The molecule has 1 atom stereocenters. The van der Waals surface area contributed by atoms with Gasteiger partial charge in [0.2, 0.25) is 5.91 Å². The second-order valence-electron chi connectivity index (χ2n) is 4.40. The number of hydrogen-bond donors (Lipinski definition) is 3. The largest absolute Gasteiger partial charge is 0.481 e. The van der Waals surface area contributed by atoms with E-state index in [1.807, 2.05) is 4.90 Å². The number of aliphatic carboxylic acids is 1. The molecule has 0 aromatic carbocycles. The first-order valence-corrected chi connectivity index (χ1v) is 5.88. The number of piperidine rings is 1. The molecule has 2 aliphatic rings. The van der Waals surface area contributed by atoms with Gasteiger partial charge < -0.3 is 20.4 Å². The molecule has 98 valence electrons. The third kappa shape index (κ3) is 4.70. The van der Waals surface area contributed by atoms with Gasteiger partial charge in [-0.15, -0.1) is 0 Å². The fourth-order valence-electron chi connectivity index (χ4n) is 2.18. The molecule has 0 aromatic heterocycles. The zero-order valence-electron chi connectivity index (χ0n) is 10.1.